The van der Waals surface area contributed by atoms with Gasteiger partial charge in [0, 0.05) is 11.9 Å². The zero-order valence-corrected chi connectivity index (χ0v) is 13.6. The number of halogens is 4. The average molecular weight is 362 g/mol. The number of imidazole rings is 1. The number of aryl methyl sites for hydroxylation is 1. The third kappa shape index (κ3) is 3.37. The fourth-order valence-corrected chi connectivity index (χ4v) is 2.83. The molecule has 0 amide bonds. The van der Waals surface area contributed by atoms with Crippen LogP contribution < -0.4 is 0 Å². The second kappa shape index (κ2) is 7.11. The zero-order chi connectivity index (χ0) is 18.8. The number of hydrogen-bond acceptors (Lipinski definition) is 2. The van der Waals surface area contributed by atoms with Crippen molar-refractivity contribution in [2.24, 2.45) is 0 Å². The molecule has 134 valence electrons. The minimum atomic E-state index is -2.98. The van der Waals surface area contributed by atoms with Crippen molar-refractivity contribution in [1.29, 1.82) is 0 Å². The second-order valence-corrected chi connectivity index (χ2v) is 5.86. The largest absolute Gasteiger partial charge is 0.345 e. The van der Waals surface area contributed by atoms with Gasteiger partial charge in [0.15, 0.2) is 6.29 Å². The predicted octanol–water partition coefficient (Wildman–Crippen LogP) is 4.93. The fraction of sp³-hybridized carbons (Fsp3) is 0.158. The number of hydrogen-bond donors (Lipinski definition) is 1. The van der Waals surface area contributed by atoms with Crippen molar-refractivity contribution in [2.75, 3.05) is 0 Å². The summed E-state index contributed by atoms with van der Waals surface area (Å²) in [6.45, 7) is 1.77. The maximum absolute atomic E-state index is 13.7. The smallest absolute Gasteiger partial charge is 0.266 e. The molecule has 26 heavy (non-hydrogen) atoms. The first kappa shape index (κ1) is 17.8. The number of carbonyl (C=O) groups is 1. The molecular weight excluding hydrogens is 348 g/mol. The van der Waals surface area contributed by atoms with E-state index in [0.717, 1.165) is 23.9 Å². The quantitative estimate of drug-likeness (QED) is 0.517. The molecule has 3 rings (SSSR count). The highest BCUT2D eigenvalue weighted by molar-refractivity contribution is 5.75. The van der Waals surface area contributed by atoms with Gasteiger partial charge >= 0.3 is 0 Å². The minimum absolute atomic E-state index is 0.160. The third-order valence-electron chi connectivity index (χ3n) is 4.06. The third-order valence-corrected chi connectivity index (χ3v) is 4.06. The van der Waals surface area contributed by atoms with E-state index in [1.165, 1.54) is 18.2 Å². The number of H-pyrrole nitrogens is 1. The summed E-state index contributed by atoms with van der Waals surface area (Å²) < 4.78 is 53.5. The topological polar surface area (TPSA) is 45.8 Å². The number of aldehydes is 1. The van der Waals surface area contributed by atoms with E-state index in [0.29, 0.717) is 23.2 Å². The fourth-order valence-electron chi connectivity index (χ4n) is 2.83. The summed E-state index contributed by atoms with van der Waals surface area (Å²) in [4.78, 5) is 18.3. The van der Waals surface area contributed by atoms with Gasteiger partial charge in [-0.3, -0.25) is 4.79 Å². The van der Waals surface area contributed by atoms with Gasteiger partial charge in [-0.05, 0) is 42.3 Å². The zero-order valence-electron chi connectivity index (χ0n) is 13.6. The molecule has 1 heterocycles. The Morgan fingerprint density at radius 3 is 2.27 bits per heavy atom. The molecule has 0 aliphatic rings. The van der Waals surface area contributed by atoms with E-state index in [9.17, 15) is 22.4 Å². The molecule has 1 unspecified atom stereocenters. The molecule has 0 saturated carbocycles. The van der Waals surface area contributed by atoms with Gasteiger partial charge < -0.3 is 4.98 Å². The van der Waals surface area contributed by atoms with Crippen LogP contribution in [0.5, 0.6) is 0 Å². The van der Waals surface area contributed by atoms with Gasteiger partial charge in [-0.15, -0.1) is 0 Å². The molecule has 1 N–H and O–H groups in total. The number of aromatic amines is 1. The highest BCUT2D eigenvalue weighted by Gasteiger charge is 2.24. The van der Waals surface area contributed by atoms with Gasteiger partial charge in [0.05, 0.1) is 17.0 Å². The molecule has 0 aliphatic heterocycles. The standard InChI is InChI=1S/C19H14F4N2O/c1-10-8-24-19(25-10)17(11-2-4-15(20)13(6-11)9-26)12-3-5-16(21)14(7-12)18(22)23/h2-9,17-18H,1H3,(H,24,25). The Kier molecular flexibility index (Phi) is 4.88. The van der Waals surface area contributed by atoms with Crippen molar-refractivity contribution >= 4 is 6.29 Å². The first-order valence-electron chi connectivity index (χ1n) is 7.74. The highest BCUT2D eigenvalue weighted by Crippen LogP contribution is 2.34. The summed E-state index contributed by atoms with van der Waals surface area (Å²) in [6, 6.07) is 7.29. The van der Waals surface area contributed by atoms with Gasteiger partial charge in [0.1, 0.15) is 17.5 Å². The van der Waals surface area contributed by atoms with E-state index in [4.69, 9.17) is 0 Å². The van der Waals surface area contributed by atoms with Crippen LogP contribution in [0, 0.1) is 18.6 Å². The molecule has 0 fully saturated rings. The van der Waals surface area contributed by atoms with Crippen LogP contribution in [0.2, 0.25) is 0 Å². The van der Waals surface area contributed by atoms with Crippen LogP contribution in [-0.2, 0) is 0 Å². The normalized spacial score (nSPS) is 12.4. The summed E-state index contributed by atoms with van der Waals surface area (Å²) in [5.74, 6) is -1.98. The Morgan fingerprint density at radius 2 is 1.69 bits per heavy atom. The first-order chi connectivity index (χ1) is 12.4. The molecule has 0 radical (unpaired) electrons. The summed E-state index contributed by atoms with van der Waals surface area (Å²) >= 11 is 0. The van der Waals surface area contributed by atoms with E-state index in [2.05, 4.69) is 9.97 Å². The van der Waals surface area contributed by atoms with Crippen molar-refractivity contribution in [3.05, 3.63) is 88.0 Å². The van der Waals surface area contributed by atoms with Crippen molar-refractivity contribution < 1.29 is 22.4 Å². The van der Waals surface area contributed by atoms with E-state index in [-0.39, 0.29) is 5.56 Å². The molecule has 1 atom stereocenters. The Morgan fingerprint density at radius 1 is 1.04 bits per heavy atom. The lowest BCUT2D eigenvalue weighted by Crippen LogP contribution is -2.08. The molecule has 0 spiro atoms. The number of alkyl halides is 2. The molecule has 7 heteroatoms. The summed E-state index contributed by atoms with van der Waals surface area (Å²) in [6.07, 6.45) is -1.05. The van der Waals surface area contributed by atoms with Gasteiger partial charge in [-0.1, -0.05) is 12.1 Å². The molecule has 0 saturated heterocycles. The van der Waals surface area contributed by atoms with Crippen LogP contribution >= 0.6 is 0 Å². The van der Waals surface area contributed by atoms with Gasteiger partial charge in [0.2, 0.25) is 0 Å². The molecule has 0 bridgehead atoms. The lowest BCUT2D eigenvalue weighted by Gasteiger charge is -2.18. The minimum Gasteiger partial charge on any atom is -0.345 e. The Balaban J connectivity index is 2.20. The van der Waals surface area contributed by atoms with Crippen LogP contribution in [0.4, 0.5) is 17.6 Å². The van der Waals surface area contributed by atoms with Crippen molar-refractivity contribution in [2.45, 2.75) is 19.3 Å². The highest BCUT2D eigenvalue weighted by atomic mass is 19.3. The number of nitrogens with zero attached hydrogens (tertiary/aromatic N) is 1. The van der Waals surface area contributed by atoms with Crippen molar-refractivity contribution in [1.82, 2.24) is 9.97 Å². The van der Waals surface area contributed by atoms with E-state index in [1.54, 1.807) is 13.1 Å². The van der Waals surface area contributed by atoms with E-state index in [1.807, 2.05) is 0 Å². The molecule has 0 aliphatic carbocycles. The number of aromatic nitrogens is 2. The van der Waals surface area contributed by atoms with E-state index < -0.39 is 29.5 Å². The maximum Gasteiger partial charge on any atom is 0.266 e. The first-order valence-corrected chi connectivity index (χ1v) is 7.74. The Labute approximate surface area is 146 Å². The molecular formula is C19H14F4N2O. The number of benzene rings is 2. The summed E-state index contributed by atoms with van der Waals surface area (Å²) in [7, 11) is 0. The van der Waals surface area contributed by atoms with Gasteiger partial charge in [-0.25, -0.2) is 22.5 Å². The number of rotatable bonds is 5. The lowest BCUT2D eigenvalue weighted by molar-refractivity contribution is 0.111. The lowest BCUT2D eigenvalue weighted by atomic mass is 9.88. The monoisotopic (exact) mass is 362 g/mol. The van der Waals surface area contributed by atoms with Gasteiger partial charge in [0.25, 0.3) is 6.43 Å². The second-order valence-electron chi connectivity index (χ2n) is 5.86. The summed E-state index contributed by atoms with van der Waals surface area (Å²) in [5, 5.41) is 0. The van der Waals surface area contributed by atoms with Crippen molar-refractivity contribution in [3.63, 3.8) is 0 Å². The molecule has 2 aromatic carbocycles. The summed E-state index contributed by atoms with van der Waals surface area (Å²) in [5.41, 5.74) is 0.661. The molecule has 3 nitrogen and oxygen atoms in total. The Hall–Kier alpha value is -2.96. The van der Waals surface area contributed by atoms with Gasteiger partial charge in [-0.2, -0.15) is 0 Å². The van der Waals surface area contributed by atoms with Crippen LogP contribution in [0.15, 0.2) is 42.6 Å². The Bertz CT molecular complexity index is 952. The van der Waals surface area contributed by atoms with Crippen LogP contribution in [-0.4, -0.2) is 16.3 Å². The van der Waals surface area contributed by atoms with Crippen LogP contribution in [0.1, 0.15) is 50.9 Å². The molecule has 3 aromatic rings. The number of carbonyl (C=O) groups excluding carboxylic acids is 1. The predicted molar refractivity (Wildman–Crippen MR) is 87.4 cm³/mol. The maximum atomic E-state index is 13.7. The average Bonchev–Trinajstić information content (AvgIpc) is 3.03. The van der Waals surface area contributed by atoms with Crippen molar-refractivity contribution in [3.8, 4) is 0 Å². The number of nitrogens with one attached hydrogen (secondary N) is 1. The SMILES string of the molecule is Cc1cnc(C(c2ccc(F)c(C=O)c2)c2ccc(F)c(C(F)F)c2)[nH]1. The van der Waals surface area contributed by atoms with E-state index >= 15 is 0 Å². The molecule has 1 aromatic heterocycles. The van der Waals surface area contributed by atoms with Crippen LogP contribution in [0.3, 0.4) is 0 Å². The van der Waals surface area contributed by atoms with Crippen LogP contribution in [0.25, 0.3) is 0 Å².